The van der Waals surface area contributed by atoms with Gasteiger partial charge in [-0.05, 0) is 44.6 Å². The van der Waals surface area contributed by atoms with Gasteiger partial charge >= 0.3 is 0 Å². The Morgan fingerprint density at radius 1 is 1.25 bits per heavy atom. The van der Waals surface area contributed by atoms with E-state index in [1.807, 2.05) is 0 Å². The Kier molecular flexibility index (Phi) is 5.26. The predicted molar refractivity (Wildman–Crippen MR) is 75.1 cm³/mol. The van der Waals surface area contributed by atoms with Crippen molar-refractivity contribution in [2.45, 2.75) is 27.2 Å². The molecule has 0 amide bonds. The number of anilines is 1. The van der Waals surface area contributed by atoms with Crippen LogP contribution in [0.5, 0.6) is 0 Å². The molecule has 0 radical (unpaired) electrons. The molecule has 1 rings (SSSR count). The van der Waals surface area contributed by atoms with E-state index >= 15 is 0 Å². The molecule has 1 aromatic rings. The second-order valence-electron chi connectivity index (χ2n) is 3.81. The molecule has 0 heterocycles. The summed E-state index contributed by atoms with van der Waals surface area (Å²) in [6.45, 7) is 8.16. The van der Waals surface area contributed by atoms with Crippen molar-refractivity contribution >= 4 is 23.0 Å². The Hall–Kier alpha value is -1.09. The number of hydrogen-bond acceptors (Lipinski definition) is 1. The van der Waals surface area contributed by atoms with Gasteiger partial charge in [-0.1, -0.05) is 24.6 Å². The van der Waals surface area contributed by atoms with Gasteiger partial charge in [0.1, 0.15) is 0 Å². The molecule has 0 saturated heterocycles. The van der Waals surface area contributed by atoms with Crippen molar-refractivity contribution in [2.24, 2.45) is 0 Å². The fraction of sp³-hybridized carbons (Fsp3) is 0.462. The van der Waals surface area contributed by atoms with E-state index in [2.05, 4.69) is 55.3 Å². The van der Waals surface area contributed by atoms with Crippen LogP contribution >= 0.6 is 12.2 Å². The molecule has 2 nitrogen and oxygen atoms in total. The van der Waals surface area contributed by atoms with Crippen LogP contribution in [0.25, 0.3) is 0 Å². The smallest absolute Gasteiger partial charge is 0.173 e. The van der Waals surface area contributed by atoms with Crippen LogP contribution < -0.4 is 10.2 Å². The highest BCUT2D eigenvalue weighted by atomic mass is 32.1. The second kappa shape index (κ2) is 6.48. The number of nitrogens with zero attached hydrogens (tertiary/aromatic N) is 1. The maximum atomic E-state index is 5.37. The van der Waals surface area contributed by atoms with Crippen molar-refractivity contribution in [1.82, 2.24) is 5.32 Å². The summed E-state index contributed by atoms with van der Waals surface area (Å²) in [7, 11) is 0. The monoisotopic (exact) mass is 236 g/mol. The molecule has 0 aliphatic rings. The van der Waals surface area contributed by atoms with Gasteiger partial charge in [-0.25, -0.2) is 0 Å². The Balaban J connectivity index is 2.73. The van der Waals surface area contributed by atoms with E-state index in [-0.39, 0.29) is 0 Å². The van der Waals surface area contributed by atoms with E-state index in [0.29, 0.717) is 0 Å². The molecule has 0 fully saturated rings. The highest BCUT2D eigenvalue weighted by Gasteiger charge is 2.08. The molecule has 1 aromatic carbocycles. The molecule has 0 unspecified atom stereocenters. The summed E-state index contributed by atoms with van der Waals surface area (Å²) in [4.78, 5) is 2.12. The molecule has 1 N–H and O–H groups in total. The van der Waals surface area contributed by atoms with Crippen LogP contribution in [-0.4, -0.2) is 18.2 Å². The van der Waals surface area contributed by atoms with Crippen molar-refractivity contribution in [2.75, 3.05) is 18.0 Å². The quantitative estimate of drug-likeness (QED) is 0.809. The molecule has 0 aromatic heterocycles. The summed E-state index contributed by atoms with van der Waals surface area (Å²) in [5.74, 6) is 0. The average Bonchev–Trinajstić information content (AvgIpc) is 2.30. The zero-order valence-electron chi connectivity index (χ0n) is 10.3. The number of aryl methyl sites for hydroxylation is 1. The molecule has 16 heavy (non-hydrogen) atoms. The molecule has 0 aliphatic carbocycles. The van der Waals surface area contributed by atoms with Crippen LogP contribution in [0.1, 0.15) is 25.8 Å². The van der Waals surface area contributed by atoms with Gasteiger partial charge in [0, 0.05) is 18.8 Å². The standard InChI is InChI=1S/C13H20N2S/c1-4-10-14-13(16)15(5-2)12-8-6-11(3)7-9-12/h6-9H,4-5,10H2,1-3H3,(H,14,16). The predicted octanol–water partition coefficient (Wildman–Crippen LogP) is 3.11. The maximum Gasteiger partial charge on any atom is 0.173 e. The second-order valence-corrected chi connectivity index (χ2v) is 4.20. The van der Waals surface area contributed by atoms with Crippen LogP contribution in [0.15, 0.2) is 24.3 Å². The Labute approximate surface area is 104 Å². The first-order chi connectivity index (χ1) is 7.69. The van der Waals surface area contributed by atoms with E-state index in [9.17, 15) is 0 Å². The van der Waals surface area contributed by atoms with Crippen molar-refractivity contribution < 1.29 is 0 Å². The first-order valence-electron chi connectivity index (χ1n) is 5.81. The molecule has 0 aliphatic heterocycles. The first-order valence-corrected chi connectivity index (χ1v) is 6.21. The molecule has 0 bridgehead atoms. The average molecular weight is 236 g/mol. The van der Waals surface area contributed by atoms with Crippen molar-refractivity contribution in [3.63, 3.8) is 0 Å². The Morgan fingerprint density at radius 2 is 1.88 bits per heavy atom. The van der Waals surface area contributed by atoms with Crippen LogP contribution in [0.2, 0.25) is 0 Å². The fourth-order valence-electron chi connectivity index (χ4n) is 1.50. The van der Waals surface area contributed by atoms with Crippen LogP contribution in [0.3, 0.4) is 0 Å². The molecular weight excluding hydrogens is 216 g/mol. The third-order valence-electron chi connectivity index (χ3n) is 2.43. The van der Waals surface area contributed by atoms with Crippen molar-refractivity contribution in [3.05, 3.63) is 29.8 Å². The molecule has 0 spiro atoms. The number of benzene rings is 1. The molecular formula is C13H20N2S. The molecule has 3 heteroatoms. The number of nitrogens with one attached hydrogen (secondary N) is 1. The van der Waals surface area contributed by atoms with Gasteiger partial charge in [-0.3, -0.25) is 0 Å². The van der Waals surface area contributed by atoms with Gasteiger partial charge in [-0.2, -0.15) is 0 Å². The van der Waals surface area contributed by atoms with Gasteiger partial charge in [0.15, 0.2) is 5.11 Å². The zero-order valence-corrected chi connectivity index (χ0v) is 11.1. The Morgan fingerprint density at radius 3 is 2.38 bits per heavy atom. The van der Waals surface area contributed by atoms with Gasteiger partial charge in [0.05, 0.1) is 0 Å². The van der Waals surface area contributed by atoms with Gasteiger partial charge in [0.2, 0.25) is 0 Å². The van der Waals surface area contributed by atoms with Crippen LogP contribution in [0.4, 0.5) is 5.69 Å². The molecule has 0 saturated carbocycles. The third-order valence-corrected chi connectivity index (χ3v) is 2.80. The van der Waals surface area contributed by atoms with Crippen LogP contribution in [-0.2, 0) is 0 Å². The van der Waals surface area contributed by atoms with E-state index in [1.165, 1.54) is 5.56 Å². The SMILES string of the molecule is CCCNC(=S)N(CC)c1ccc(C)cc1. The van der Waals surface area contributed by atoms with Crippen LogP contribution in [0, 0.1) is 6.92 Å². The van der Waals surface area contributed by atoms with E-state index in [0.717, 1.165) is 30.3 Å². The first kappa shape index (κ1) is 13.0. The van der Waals surface area contributed by atoms with Crippen molar-refractivity contribution in [3.8, 4) is 0 Å². The van der Waals surface area contributed by atoms with E-state index < -0.39 is 0 Å². The van der Waals surface area contributed by atoms with Gasteiger partial charge in [-0.15, -0.1) is 0 Å². The minimum atomic E-state index is 0.813. The largest absolute Gasteiger partial charge is 0.362 e. The van der Waals surface area contributed by atoms with Gasteiger partial charge < -0.3 is 10.2 Å². The maximum absolute atomic E-state index is 5.37. The zero-order chi connectivity index (χ0) is 12.0. The lowest BCUT2D eigenvalue weighted by atomic mass is 10.2. The summed E-state index contributed by atoms with van der Waals surface area (Å²) >= 11 is 5.37. The fourth-order valence-corrected chi connectivity index (χ4v) is 1.83. The highest BCUT2D eigenvalue weighted by molar-refractivity contribution is 7.80. The third kappa shape index (κ3) is 3.49. The minimum Gasteiger partial charge on any atom is -0.362 e. The van der Waals surface area contributed by atoms with Crippen molar-refractivity contribution in [1.29, 1.82) is 0 Å². The number of rotatable bonds is 4. The Bertz CT molecular complexity index is 332. The summed E-state index contributed by atoms with van der Waals surface area (Å²) in [6, 6.07) is 8.44. The van der Waals surface area contributed by atoms with Gasteiger partial charge in [0.25, 0.3) is 0 Å². The summed E-state index contributed by atoms with van der Waals surface area (Å²) in [6.07, 6.45) is 1.09. The van der Waals surface area contributed by atoms with E-state index in [4.69, 9.17) is 12.2 Å². The number of thiocarbonyl (C=S) groups is 1. The lowest BCUT2D eigenvalue weighted by Crippen LogP contribution is -2.40. The molecule has 0 atom stereocenters. The summed E-state index contributed by atoms with van der Waals surface area (Å²) < 4.78 is 0. The minimum absolute atomic E-state index is 0.813. The normalized spacial score (nSPS) is 9.94. The summed E-state index contributed by atoms with van der Waals surface area (Å²) in [5, 5.41) is 4.07. The lowest BCUT2D eigenvalue weighted by molar-refractivity contribution is 0.829. The molecule has 88 valence electrons. The topological polar surface area (TPSA) is 15.3 Å². The highest BCUT2D eigenvalue weighted by Crippen LogP contribution is 2.14. The lowest BCUT2D eigenvalue weighted by Gasteiger charge is -2.24. The summed E-state index contributed by atoms with van der Waals surface area (Å²) in [5.41, 5.74) is 2.42. The van der Waals surface area contributed by atoms with E-state index in [1.54, 1.807) is 0 Å². The number of hydrogen-bond donors (Lipinski definition) is 1.